The van der Waals surface area contributed by atoms with E-state index in [0.717, 1.165) is 23.8 Å². The van der Waals surface area contributed by atoms with E-state index < -0.39 is 0 Å². The number of carbonyl (C=O) groups excluding carboxylic acids is 1. The largest absolute Gasteiger partial charge is 0.493 e. The number of aromatic nitrogens is 3. The van der Waals surface area contributed by atoms with E-state index in [1.165, 1.54) is 31.0 Å². The van der Waals surface area contributed by atoms with Crippen LogP contribution in [0.4, 0.5) is 0 Å². The molecule has 3 rings (SSSR count). The van der Waals surface area contributed by atoms with E-state index in [-0.39, 0.29) is 5.78 Å². The van der Waals surface area contributed by atoms with Gasteiger partial charge in [0.05, 0.1) is 20.0 Å². The number of carbonyl (C=O) groups is 1. The number of thioether (sulfide) groups is 1. The molecule has 0 spiro atoms. The first kappa shape index (κ1) is 18.8. The summed E-state index contributed by atoms with van der Waals surface area (Å²) in [6, 6.07) is 5.70. The van der Waals surface area contributed by atoms with Gasteiger partial charge in [-0.25, -0.2) is 0 Å². The molecule has 26 heavy (non-hydrogen) atoms. The lowest BCUT2D eigenvalue weighted by Gasteiger charge is -2.24. The zero-order valence-corrected chi connectivity index (χ0v) is 16.3. The Bertz CT molecular complexity index is 769. The molecule has 140 valence electrons. The van der Waals surface area contributed by atoms with Crippen LogP contribution in [0, 0.1) is 6.92 Å². The van der Waals surface area contributed by atoms with Gasteiger partial charge in [-0.05, 0) is 38.0 Å². The van der Waals surface area contributed by atoms with Crippen LogP contribution in [0.2, 0.25) is 0 Å². The summed E-state index contributed by atoms with van der Waals surface area (Å²) < 4.78 is 12.7. The molecule has 2 aromatic rings. The van der Waals surface area contributed by atoms with Crippen molar-refractivity contribution in [3.8, 4) is 11.5 Å². The zero-order valence-electron chi connectivity index (χ0n) is 15.5. The lowest BCUT2D eigenvalue weighted by atomic mass is 9.95. The number of hydrogen-bond acceptors (Lipinski definition) is 6. The molecule has 0 bridgehead atoms. The number of hydrogen-bond donors (Lipinski definition) is 0. The molecule has 1 aromatic heterocycles. The monoisotopic (exact) mass is 375 g/mol. The van der Waals surface area contributed by atoms with Gasteiger partial charge in [-0.15, -0.1) is 10.2 Å². The lowest BCUT2D eigenvalue weighted by Crippen LogP contribution is -2.15. The van der Waals surface area contributed by atoms with Gasteiger partial charge in [0.15, 0.2) is 22.4 Å². The SMILES string of the molecule is COc1ccc(C(=O)CSc2nnc(C)n2C2CCCCC2)cc1OC. The van der Waals surface area contributed by atoms with Crippen LogP contribution in [0.1, 0.15) is 54.3 Å². The molecular formula is C19H25N3O3S. The van der Waals surface area contributed by atoms with Crippen LogP contribution in [-0.4, -0.2) is 40.5 Å². The summed E-state index contributed by atoms with van der Waals surface area (Å²) in [6.07, 6.45) is 6.12. The zero-order chi connectivity index (χ0) is 18.5. The highest BCUT2D eigenvalue weighted by molar-refractivity contribution is 7.99. The Balaban J connectivity index is 1.70. The summed E-state index contributed by atoms with van der Waals surface area (Å²) in [5, 5.41) is 9.37. The summed E-state index contributed by atoms with van der Waals surface area (Å²) in [4.78, 5) is 12.6. The van der Waals surface area contributed by atoms with E-state index in [4.69, 9.17) is 9.47 Å². The van der Waals surface area contributed by atoms with Gasteiger partial charge < -0.3 is 14.0 Å². The predicted octanol–water partition coefficient (Wildman–Crippen LogP) is 4.08. The number of Topliss-reactive ketones (excluding diaryl/α,β-unsaturated/α-hetero) is 1. The fourth-order valence-corrected chi connectivity index (χ4v) is 4.38. The number of ether oxygens (including phenoxy) is 2. The van der Waals surface area contributed by atoms with Crippen molar-refractivity contribution in [2.45, 2.75) is 50.2 Å². The summed E-state index contributed by atoms with van der Waals surface area (Å²) in [6.45, 7) is 1.99. The van der Waals surface area contributed by atoms with Crippen LogP contribution in [0.5, 0.6) is 11.5 Å². The molecule has 1 aliphatic rings. The van der Waals surface area contributed by atoms with Gasteiger partial charge in [-0.3, -0.25) is 4.79 Å². The molecule has 0 amide bonds. The summed E-state index contributed by atoms with van der Waals surface area (Å²) >= 11 is 1.46. The standard InChI is InChI=1S/C19H25N3O3S/c1-13-20-21-19(22(13)15-7-5-4-6-8-15)26-12-16(23)14-9-10-17(24-2)18(11-14)25-3/h9-11,15H,4-8,12H2,1-3H3. The predicted molar refractivity (Wildman–Crippen MR) is 101 cm³/mol. The first-order chi connectivity index (χ1) is 12.6. The van der Waals surface area contributed by atoms with Crippen LogP contribution in [0.3, 0.4) is 0 Å². The summed E-state index contributed by atoms with van der Waals surface area (Å²) in [5.74, 6) is 2.46. The molecule has 0 aliphatic heterocycles. The number of nitrogens with zero attached hydrogens (tertiary/aromatic N) is 3. The maximum absolute atomic E-state index is 12.6. The van der Waals surface area contributed by atoms with Crippen molar-refractivity contribution >= 4 is 17.5 Å². The van der Waals surface area contributed by atoms with Crippen molar-refractivity contribution in [1.29, 1.82) is 0 Å². The summed E-state index contributed by atoms with van der Waals surface area (Å²) in [7, 11) is 3.14. The van der Waals surface area contributed by atoms with Crippen molar-refractivity contribution < 1.29 is 14.3 Å². The Morgan fingerprint density at radius 1 is 1.15 bits per heavy atom. The maximum Gasteiger partial charge on any atom is 0.191 e. The molecule has 1 saturated carbocycles. The Hall–Kier alpha value is -2.02. The van der Waals surface area contributed by atoms with E-state index in [1.807, 2.05) is 6.92 Å². The third-order valence-corrected chi connectivity index (χ3v) is 5.76. The molecule has 0 saturated heterocycles. The first-order valence-electron chi connectivity index (χ1n) is 8.93. The Morgan fingerprint density at radius 3 is 2.58 bits per heavy atom. The minimum atomic E-state index is 0.0341. The molecule has 0 radical (unpaired) electrons. The van der Waals surface area contributed by atoms with Crippen molar-refractivity contribution in [2.24, 2.45) is 0 Å². The molecule has 6 nitrogen and oxygen atoms in total. The lowest BCUT2D eigenvalue weighted by molar-refractivity contribution is 0.102. The van der Waals surface area contributed by atoms with Gasteiger partial charge in [0.1, 0.15) is 5.82 Å². The normalized spacial score (nSPS) is 15.0. The highest BCUT2D eigenvalue weighted by Gasteiger charge is 2.22. The fourth-order valence-electron chi connectivity index (χ4n) is 3.43. The van der Waals surface area contributed by atoms with Crippen LogP contribution >= 0.6 is 11.8 Å². The van der Waals surface area contributed by atoms with Gasteiger partial charge in [0, 0.05) is 11.6 Å². The number of aryl methyl sites for hydroxylation is 1. The van der Waals surface area contributed by atoms with Crippen LogP contribution in [-0.2, 0) is 0 Å². The minimum absolute atomic E-state index is 0.0341. The number of ketones is 1. The first-order valence-corrected chi connectivity index (χ1v) is 9.92. The third kappa shape index (κ3) is 4.03. The molecule has 1 heterocycles. The Kier molecular flexibility index (Phi) is 6.19. The van der Waals surface area contributed by atoms with E-state index in [9.17, 15) is 4.79 Å². The molecule has 1 fully saturated rings. The van der Waals surface area contributed by atoms with E-state index in [1.54, 1.807) is 32.4 Å². The van der Waals surface area contributed by atoms with E-state index >= 15 is 0 Å². The van der Waals surface area contributed by atoms with Gasteiger partial charge >= 0.3 is 0 Å². The van der Waals surface area contributed by atoms with Gasteiger partial charge in [-0.1, -0.05) is 31.0 Å². The smallest absolute Gasteiger partial charge is 0.191 e. The average Bonchev–Trinajstić information content (AvgIpc) is 3.06. The second kappa shape index (κ2) is 8.58. The van der Waals surface area contributed by atoms with Gasteiger partial charge in [0.2, 0.25) is 0 Å². The number of benzene rings is 1. The van der Waals surface area contributed by atoms with Gasteiger partial charge in [-0.2, -0.15) is 0 Å². The van der Waals surface area contributed by atoms with Crippen LogP contribution < -0.4 is 9.47 Å². The number of methoxy groups -OCH3 is 2. The molecule has 1 aliphatic carbocycles. The molecule has 0 atom stereocenters. The molecule has 0 N–H and O–H groups in total. The molecular weight excluding hydrogens is 350 g/mol. The second-order valence-corrected chi connectivity index (χ2v) is 7.42. The Morgan fingerprint density at radius 2 is 1.88 bits per heavy atom. The topological polar surface area (TPSA) is 66.2 Å². The quantitative estimate of drug-likeness (QED) is 0.536. The van der Waals surface area contributed by atoms with Gasteiger partial charge in [0.25, 0.3) is 0 Å². The molecule has 0 unspecified atom stereocenters. The van der Waals surface area contributed by atoms with Crippen molar-refractivity contribution in [3.05, 3.63) is 29.6 Å². The minimum Gasteiger partial charge on any atom is -0.493 e. The average molecular weight is 375 g/mol. The van der Waals surface area contributed by atoms with E-state index in [0.29, 0.717) is 28.9 Å². The van der Waals surface area contributed by atoms with Crippen molar-refractivity contribution in [3.63, 3.8) is 0 Å². The highest BCUT2D eigenvalue weighted by Crippen LogP contribution is 2.33. The van der Waals surface area contributed by atoms with Crippen molar-refractivity contribution in [2.75, 3.05) is 20.0 Å². The highest BCUT2D eigenvalue weighted by atomic mass is 32.2. The fraction of sp³-hybridized carbons (Fsp3) is 0.526. The molecule has 1 aromatic carbocycles. The van der Waals surface area contributed by atoms with Crippen LogP contribution in [0.25, 0.3) is 0 Å². The third-order valence-electron chi connectivity index (χ3n) is 4.81. The number of rotatable bonds is 7. The molecule has 7 heteroatoms. The van der Waals surface area contributed by atoms with Crippen molar-refractivity contribution in [1.82, 2.24) is 14.8 Å². The summed E-state index contributed by atoms with van der Waals surface area (Å²) in [5.41, 5.74) is 0.607. The second-order valence-electron chi connectivity index (χ2n) is 6.47. The van der Waals surface area contributed by atoms with Crippen LogP contribution in [0.15, 0.2) is 23.4 Å². The van der Waals surface area contributed by atoms with E-state index in [2.05, 4.69) is 14.8 Å². The maximum atomic E-state index is 12.6. The Labute approximate surface area is 158 Å².